The molecule has 0 saturated heterocycles. The zero-order chi connectivity index (χ0) is 24.8. The summed E-state index contributed by atoms with van der Waals surface area (Å²) in [5.41, 5.74) is 5.53. The van der Waals surface area contributed by atoms with Gasteiger partial charge in [0.25, 0.3) is 0 Å². The van der Waals surface area contributed by atoms with Gasteiger partial charge in [-0.1, -0.05) is 41.9 Å². The number of sulfone groups is 1. The highest BCUT2D eigenvalue weighted by Crippen LogP contribution is 2.36. The van der Waals surface area contributed by atoms with Crippen molar-refractivity contribution in [3.05, 3.63) is 88.6 Å². The summed E-state index contributed by atoms with van der Waals surface area (Å²) >= 11 is 6.53. The fourth-order valence-electron chi connectivity index (χ4n) is 4.07. The molecule has 176 valence electrons. The lowest BCUT2D eigenvalue weighted by atomic mass is 9.98. The molecule has 0 aliphatic rings. The van der Waals surface area contributed by atoms with Crippen LogP contribution in [0.2, 0.25) is 5.02 Å². The van der Waals surface area contributed by atoms with E-state index in [2.05, 4.69) is 0 Å². The number of rotatable bonds is 5. The second-order valence-corrected chi connectivity index (χ2v) is 11.5. The highest BCUT2D eigenvalue weighted by molar-refractivity contribution is 7.90. The van der Waals surface area contributed by atoms with Crippen LogP contribution in [0.3, 0.4) is 0 Å². The lowest BCUT2D eigenvalue weighted by molar-refractivity contribution is 0.0734. The Balaban J connectivity index is 1.92. The number of hydrogen-bond acceptors (Lipinski definition) is 4. The topological polar surface area (TPSA) is 72.2 Å². The fraction of sp³-hybridized carbons (Fsp3) is 0.222. The van der Waals surface area contributed by atoms with Crippen LogP contribution >= 0.6 is 11.6 Å². The number of hydrogen-bond donors (Lipinski definition) is 1. The first-order valence-electron chi connectivity index (χ1n) is 10.9. The summed E-state index contributed by atoms with van der Waals surface area (Å²) in [6, 6.07) is 20.4. The maximum absolute atomic E-state index is 12.0. The SMILES string of the molecule is Cc1cc(-c2cccc(S(C)(=O)=O)c2)cc(C)c1-n1nc(C(C)(C)O)cc1-c1ccccc1Cl. The van der Waals surface area contributed by atoms with Crippen LogP contribution in [0.4, 0.5) is 0 Å². The van der Waals surface area contributed by atoms with Gasteiger partial charge in [0.2, 0.25) is 0 Å². The normalized spacial score (nSPS) is 12.2. The number of aryl methyl sites for hydroxylation is 2. The Morgan fingerprint density at radius 3 is 2.15 bits per heavy atom. The molecule has 0 fully saturated rings. The Bertz CT molecular complexity index is 1480. The Morgan fingerprint density at radius 1 is 0.912 bits per heavy atom. The highest BCUT2D eigenvalue weighted by Gasteiger charge is 2.25. The average molecular weight is 495 g/mol. The Labute approximate surface area is 205 Å². The lowest BCUT2D eigenvalue weighted by Crippen LogP contribution is -2.17. The molecule has 4 rings (SSSR count). The molecule has 0 radical (unpaired) electrons. The van der Waals surface area contributed by atoms with Crippen LogP contribution in [0.25, 0.3) is 28.1 Å². The third kappa shape index (κ3) is 4.67. The predicted octanol–water partition coefficient (Wildman–Crippen LogP) is 6.11. The number of aliphatic hydroxyl groups is 1. The van der Waals surface area contributed by atoms with Crippen molar-refractivity contribution in [3.8, 4) is 28.1 Å². The van der Waals surface area contributed by atoms with Crippen LogP contribution < -0.4 is 0 Å². The van der Waals surface area contributed by atoms with Crippen molar-refractivity contribution in [2.75, 3.05) is 6.26 Å². The van der Waals surface area contributed by atoms with E-state index in [1.165, 1.54) is 6.26 Å². The van der Waals surface area contributed by atoms with E-state index in [-0.39, 0.29) is 4.90 Å². The fourth-order valence-corrected chi connectivity index (χ4v) is 4.97. The maximum atomic E-state index is 12.0. The second kappa shape index (κ2) is 8.69. The monoisotopic (exact) mass is 494 g/mol. The van der Waals surface area contributed by atoms with Crippen molar-refractivity contribution in [1.29, 1.82) is 0 Å². The van der Waals surface area contributed by atoms with Crippen molar-refractivity contribution < 1.29 is 13.5 Å². The Kier molecular flexibility index (Phi) is 6.19. The van der Waals surface area contributed by atoms with E-state index in [1.54, 1.807) is 32.0 Å². The first-order valence-corrected chi connectivity index (χ1v) is 13.1. The zero-order valence-corrected chi connectivity index (χ0v) is 21.4. The van der Waals surface area contributed by atoms with Gasteiger partial charge in [-0.15, -0.1) is 0 Å². The van der Waals surface area contributed by atoms with Gasteiger partial charge in [0.1, 0.15) is 5.60 Å². The summed E-state index contributed by atoms with van der Waals surface area (Å²) in [4.78, 5) is 0.285. The minimum Gasteiger partial charge on any atom is -0.384 e. The minimum absolute atomic E-state index is 0.285. The van der Waals surface area contributed by atoms with E-state index < -0.39 is 15.4 Å². The largest absolute Gasteiger partial charge is 0.384 e. The lowest BCUT2D eigenvalue weighted by Gasteiger charge is -2.17. The molecule has 5 nitrogen and oxygen atoms in total. The molecule has 0 amide bonds. The molecule has 0 bridgehead atoms. The first-order chi connectivity index (χ1) is 15.9. The third-order valence-electron chi connectivity index (χ3n) is 5.78. The van der Waals surface area contributed by atoms with Gasteiger partial charge in [-0.2, -0.15) is 5.10 Å². The van der Waals surface area contributed by atoms with Gasteiger partial charge in [-0.3, -0.25) is 0 Å². The molecule has 0 atom stereocenters. The second-order valence-electron chi connectivity index (χ2n) is 9.12. The van der Waals surface area contributed by atoms with E-state index in [9.17, 15) is 13.5 Å². The molecule has 4 aromatic rings. The first kappa shape index (κ1) is 24.2. The summed E-state index contributed by atoms with van der Waals surface area (Å²) in [5.74, 6) is 0. The van der Waals surface area contributed by atoms with Gasteiger partial charge in [0.05, 0.1) is 22.0 Å². The molecule has 1 heterocycles. The number of aromatic nitrogens is 2. The molecule has 7 heteroatoms. The minimum atomic E-state index is -3.31. The summed E-state index contributed by atoms with van der Waals surface area (Å²) in [6.07, 6.45) is 1.21. The summed E-state index contributed by atoms with van der Waals surface area (Å²) in [7, 11) is -3.31. The number of nitrogens with zero attached hydrogens (tertiary/aromatic N) is 2. The van der Waals surface area contributed by atoms with E-state index >= 15 is 0 Å². The molecule has 1 N–H and O–H groups in total. The van der Waals surface area contributed by atoms with Gasteiger partial charge in [0.15, 0.2) is 9.84 Å². The molecular formula is C27H27ClN2O3S. The quantitative estimate of drug-likeness (QED) is 0.363. The standard InChI is InChI=1S/C27H27ClN2O3S/c1-17-13-20(19-9-8-10-21(15-19)34(5,32)33)14-18(2)26(17)30-24(16-25(29-30)27(3,4)31)22-11-6-7-12-23(22)28/h6-16,31H,1-5H3. The van der Waals surface area contributed by atoms with Crippen LogP contribution in [0, 0.1) is 13.8 Å². The van der Waals surface area contributed by atoms with Gasteiger partial charge >= 0.3 is 0 Å². The van der Waals surface area contributed by atoms with Gasteiger partial charge in [0, 0.05) is 16.8 Å². The van der Waals surface area contributed by atoms with Crippen LogP contribution in [0.1, 0.15) is 30.7 Å². The highest BCUT2D eigenvalue weighted by atomic mass is 35.5. The van der Waals surface area contributed by atoms with Gasteiger partial charge < -0.3 is 5.11 Å². The van der Waals surface area contributed by atoms with Crippen molar-refractivity contribution in [2.45, 2.75) is 38.2 Å². The Morgan fingerprint density at radius 2 is 1.56 bits per heavy atom. The van der Waals surface area contributed by atoms with Crippen LogP contribution in [0.15, 0.2) is 71.6 Å². The third-order valence-corrected chi connectivity index (χ3v) is 7.22. The molecule has 3 aromatic carbocycles. The van der Waals surface area contributed by atoms with Gasteiger partial charge in [-0.05, 0) is 86.3 Å². The summed E-state index contributed by atoms with van der Waals surface area (Å²) in [6.45, 7) is 7.39. The molecule has 0 spiro atoms. The van der Waals surface area contributed by atoms with Crippen LogP contribution in [0.5, 0.6) is 0 Å². The predicted molar refractivity (Wildman–Crippen MR) is 137 cm³/mol. The number of halogens is 1. The van der Waals surface area contributed by atoms with Crippen molar-refractivity contribution in [1.82, 2.24) is 9.78 Å². The van der Waals surface area contributed by atoms with Crippen molar-refractivity contribution in [2.24, 2.45) is 0 Å². The van der Waals surface area contributed by atoms with Crippen molar-refractivity contribution in [3.63, 3.8) is 0 Å². The zero-order valence-electron chi connectivity index (χ0n) is 19.8. The molecule has 0 aliphatic heterocycles. The van der Waals surface area contributed by atoms with E-state index in [0.717, 1.165) is 39.2 Å². The molecule has 34 heavy (non-hydrogen) atoms. The van der Waals surface area contributed by atoms with Crippen LogP contribution in [-0.2, 0) is 15.4 Å². The molecule has 1 aromatic heterocycles. The van der Waals surface area contributed by atoms with E-state index in [1.807, 2.05) is 67.1 Å². The smallest absolute Gasteiger partial charge is 0.175 e. The molecule has 0 unspecified atom stereocenters. The van der Waals surface area contributed by atoms with E-state index in [4.69, 9.17) is 16.7 Å². The van der Waals surface area contributed by atoms with Crippen molar-refractivity contribution >= 4 is 21.4 Å². The maximum Gasteiger partial charge on any atom is 0.175 e. The molecular weight excluding hydrogens is 468 g/mol. The summed E-state index contributed by atoms with van der Waals surface area (Å²) < 4.78 is 25.9. The average Bonchev–Trinajstić information content (AvgIpc) is 3.18. The Hall–Kier alpha value is -2.93. The molecule has 0 saturated carbocycles. The van der Waals surface area contributed by atoms with Gasteiger partial charge in [-0.25, -0.2) is 13.1 Å². The molecule has 0 aliphatic carbocycles. The van der Waals surface area contributed by atoms with Crippen LogP contribution in [-0.4, -0.2) is 29.6 Å². The van der Waals surface area contributed by atoms with E-state index in [0.29, 0.717) is 10.7 Å². The summed E-state index contributed by atoms with van der Waals surface area (Å²) in [5, 5.41) is 16.0. The number of benzene rings is 3.